The van der Waals surface area contributed by atoms with Crippen molar-refractivity contribution in [2.24, 2.45) is 0 Å². The molecule has 0 atom stereocenters. The first-order chi connectivity index (χ1) is 13.0. The maximum absolute atomic E-state index is 13.8. The van der Waals surface area contributed by atoms with E-state index >= 15 is 0 Å². The number of halogens is 1. The summed E-state index contributed by atoms with van der Waals surface area (Å²) in [5.74, 6) is -0.172. The molecule has 2 aromatic rings. The van der Waals surface area contributed by atoms with Crippen LogP contribution in [0.25, 0.3) is 0 Å². The number of methoxy groups -OCH3 is 1. The molecule has 2 aromatic carbocycles. The smallest absolute Gasteiger partial charge is 0.227 e. The van der Waals surface area contributed by atoms with Crippen molar-refractivity contribution in [3.05, 3.63) is 59.4 Å². The van der Waals surface area contributed by atoms with Gasteiger partial charge >= 0.3 is 0 Å². The molecule has 1 aliphatic heterocycles. The fourth-order valence-electron chi connectivity index (χ4n) is 3.19. The Morgan fingerprint density at radius 2 is 1.89 bits per heavy atom. The lowest BCUT2D eigenvalue weighted by Crippen LogP contribution is -2.28. The molecule has 142 valence electrons. The number of hydrogen-bond acceptors (Lipinski definition) is 3. The first-order valence-electron chi connectivity index (χ1n) is 8.93. The Labute approximate surface area is 158 Å². The molecule has 1 aliphatic rings. The highest BCUT2D eigenvalue weighted by molar-refractivity contribution is 5.95. The van der Waals surface area contributed by atoms with E-state index in [1.807, 2.05) is 24.3 Å². The monoisotopic (exact) mass is 370 g/mol. The number of benzene rings is 2. The lowest BCUT2D eigenvalue weighted by Gasteiger charge is -2.19. The number of carbonyl (C=O) groups is 2. The van der Waals surface area contributed by atoms with Gasteiger partial charge in [-0.05, 0) is 41.8 Å². The van der Waals surface area contributed by atoms with E-state index in [0.29, 0.717) is 18.5 Å². The Morgan fingerprint density at radius 3 is 2.48 bits per heavy atom. The molecule has 0 aliphatic carbocycles. The summed E-state index contributed by atoms with van der Waals surface area (Å²) >= 11 is 0. The minimum Gasteiger partial charge on any atom is -0.494 e. The molecule has 0 N–H and O–H groups in total. The van der Waals surface area contributed by atoms with E-state index < -0.39 is 5.82 Å². The predicted molar refractivity (Wildman–Crippen MR) is 101 cm³/mol. The Morgan fingerprint density at radius 1 is 1.19 bits per heavy atom. The van der Waals surface area contributed by atoms with E-state index in [-0.39, 0.29) is 24.0 Å². The van der Waals surface area contributed by atoms with Crippen LogP contribution in [0.1, 0.15) is 24.0 Å². The summed E-state index contributed by atoms with van der Waals surface area (Å²) in [7, 11) is 3.11. The van der Waals surface area contributed by atoms with Crippen molar-refractivity contribution in [1.82, 2.24) is 4.90 Å². The number of likely N-dealkylation sites (N-methyl/N-ethyl adjacent to an activating group) is 1. The zero-order valence-electron chi connectivity index (χ0n) is 15.6. The van der Waals surface area contributed by atoms with Crippen LogP contribution in [0.4, 0.5) is 10.1 Å². The highest BCUT2D eigenvalue weighted by Crippen LogP contribution is 2.22. The van der Waals surface area contributed by atoms with Gasteiger partial charge in [-0.2, -0.15) is 0 Å². The van der Waals surface area contributed by atoms with Crippen LogP contribution < -0.4 is 9.64 Å². The average Bonchev–Trinajstić information content (AvgIpc) is 3.08. The van der Waals surface area contributed by atoms with Crippen LogP contribution in [0.15, 0.2) is 42.5 Å². The van der Waals surface area contributed by atoms with Crippen molar-refractivity contribution in [2.75, 3.05) is 25.6 Å². The molecule has 0 unspecified atom stereocenters. The molecule has 2 amide bonds. The fourth-order valence-corrected chi connectivity index (χ4v) is 3.19. The molecule has 5 nitrogen and oxygen atoms in total. The molecule has 1 heterocycles. The molecule has 0 saturated carbocycles. The van der Waals surface area contributed by atoms with Crippen LogP contribution >= 0.6 is 0 Å². The van der Waals surface area contributed by atoms with E-state index in [0.717, 1.165) is 24.2 Å². The van der Waals surface area contributed by atoms with Gasteiger partial charge in [-0.15, -0.1) is 0 Å². The van der Waals surface area contributed by atoms with E-state index in [1.165, 1.54) is 13.2 Å². The first kappa shape index (κ1) is 18.9. The summed E-state index contributed by atoms with van der Waals surface area (Å²) < 4.78 is 18.7. The van der Waals surface area contributed by atoms with Gasteiger partial charge in [0.15, 0.2) is 11.6 Å². The van der Waals surface area contributed by atoms with Gasteiger partial charge in [0.2, 0.25) is 11.8 Å². The van der Waals surface area contributed by atoms with Gasteiger partial charge in [0.1, 0.15) is 0 Å². The van der Waals surface area contributed by atoms with Crippen molar-refractivity contribution in [3.8, 4) is 5.75 Å². The summed E-state index contributed by atoms with van der Waals surface area (Å²) in [5.41, 5.74) is 2.45. The number of rotatable bonds is 6. The zero-order chi connectivity index (χ0) is 19.4. The van der Waals surface area contributed by atoms with Gasteiger partial charge in [-0.1, -0.05) is 18.2 Å². The Balaban J connectivity index is 1.59. The third-order valence-corrected chi connectivity index (χ3v) is 4.74. The van der Waals surface area contributed by atoms with Crippen LogP contribution in [0.2, 0.25) is 0 Å². The molecular weight excluding hydrogens is 347 g/mol. The summed E-state index contributed by atoms with van der Waals surface area (Å²) in [6.07, 6.45) is 1.73. The molecular formula is C21H23FN2O3. The molecule has 0 aromatic heterocycles. The molecule has 3 rings (SSSR count). The van der Waals surface area contributed by atoms with Gasteiger partial charge < -0.3 is 14.5 Å². The second-order valence-electron chi connectivity index (χ2n) is 6.71. The average molecular weight is 370 g/mol. The lowest BCUT2D eigenvalue weighted by atomic mass is 10.1. The largest absolute Gasteiger partial charge is 0.494 e. The van der Waals surface area contributed by atoms with Gasteiger partial charge in [-0.3, -0.25) is 9.59 Å². The van der Waals surface area contributed by atoms with Crippen LogP contribution in [0.5, 0.6) is 5.75 Å². The SMILES string of the molecule is COc1ccc(CN(C)C(=O)Cc2ccc(N3CCCC3=O)cc2)cc1F. The van der Waals surface area contributed by atoms with Crippen LogP contribution in [-0.4, -0.2) is 37.4 Å². The van der Waals surface area contributed by atoms with E-state index in [1.54, 1.807) is 29.0 Å². The Bertz CT molecular complexity index is 836. The third kappa shape index (κ3) is 4.45. The number of amides is 2. The molecule has 0 bridgehead atoms. The van der Waals surface area contributed by atoms with Gasteiger partial charge in [0, 0.05) is 32.2 Å². The maximum atomic E-state index is 13.8. The highest BCUT2D eigenvalue weighted by Gasteiger charge is 2.21. The summed E-state index contributed by atoms with van der Waals surface area (Å²) in [6.45, 7) is 1.07. The number of anilines is 1. The van der Waals surface area contributed by atoms with Crippen LogP contribution in [0, 0.1) is 5.82 Å². The Kier molecular flexibility index (Phi) is 5.74. The summed E-state index contributed by atoms with van der Waals surface area (Å²) in [6, 6.07) is 12.2. The van der Waals surface area contributed by atoms with Crippen molar-refractivity contribution >= 4 is 17.5 Å². The quantitative estimate of drug-likeness (QED) is 0.785. The van der Waals surface area contributed by atoms with Crippen LogP contribution in [-0.2, 0) is 22.6 Å². The second kappa shape index (κ2) is 8.20. The second-order valence-corrected chi connectivity index (χ2v) is 6.71. The molecule has 0 spiro atoms. The number of nitrogens with zero attached hydrogens (tertiary/aromatic N) is 2. The minimum absolute atomic E-state index is 0.0591. The molecule has 1 fully saturated rings. The van der Waals surface area contributed by atoms with E-state index in [9.17, 15) is 14.0 Å². The van der Waals surface area contributed by atoms with E-state index in [4.69, 9.17) is 4.74 Å². The normalized spacial score (nSPS) is 13.7. The van der Waals surface area contributed by atoms with Gasteiger partial charge in [-0.25, -0.2) is 4.39 Å². The topological polar surface area (TPSA) is 49.9 Å². The Hall–Kier alpha value is -2.89. The summed E-state index contributed by atoms with van der Waals surface area (Å²) in [4.78, 5) is 27.6. The standard InChI is InChI=1S/C21H23FN2O3/c1-23(14-16-7-10-19(27-2)18(22)12-16)21(26)13-15-5-8-17(9-6-15)24-11-3-4-20(24)25/h5-10,12H,3-4,11,13-14H2,1-2H3. The van der Waals surface area contributed by atoms with Crippen molar-refractivity contribution in [2.45, 2.75) is 25.8 Å². The van der Waals surface area contributed by atoms with Crippen LogP contribution in [0.3, 0.4) is 0 Å². The zero-order valence-corrected chi connectivity index (χ0v) is 15.6. The minimum atomic E-state index is -0.442. The maximum Gasteiger partial charge on any atom is 0.227 e. The fraction of sp³-hybridized carbons (Fsp3) is 0.333. The van der Waals surface area contributed by atoms with Gasteiger partial charge in [0.05, 0.1) is 13.5 Å². The number of hydrogen-bond donors (Lipinski definition) is 0. The number of carbonyl (C=O) groups excluding carboxylic acids is 2. The predicted octanol–water partition coefficient (Wildman–Crippen LogP) is 3.16. The molecule has 6 heteroatoms. The first-order valence-corrected chi connectivity index (χ1v) is 8.93. The van der Waals surface area contributed by atoms with Gasteiger partial charge in [0.25, 0.3) is 0 Å². The number of ether oxygens (including phenoxy) is 1. The third-order valence-electron chi connectivity index (χ3n) is 4.74. The molecule has 0 radical (unpaired) electrons. The molecule has 1 saturated heterocycles. The molecule has 27 heavy (non-hydrogen) atoms. The van der Waals surface area contributed by atoms with Crippen molar-refractivity contribution < 1.29 is 18.7 Å². The van der Waals surface area contributed by atoms with Crippen molar-refractivity contribution in [1.29, 1.82) is 0 Å². The lowest BCUT2D eigenvalue weighted by molar-refractivity contribution is -0.129. The summed E-state index contributed by atoms with van der Waals surface area (Å²) in [5, 5.41) is 0. The highest BCUT2D eigenvalue weighted by atomic mass is 19.1. The van der Waals surface area contributed by atoms with E-state index in [2.05, 4.69) is 0 Å². The van der Waals surface area contributed by atoms with Crippen molar-refractivity contribution in [3.63, 3.8) is 0 Å².